The number of carbonyl (C=O) groups excluding carboxylic acids is 2. The Balaban J connectivity index is 2.13. The van der Waals surface area contributed by atoms with E-state index >= 15 is 0 Å². The summed E-state index contributed by atoms with van der Waals surface area (Å²) in [4.78, 5) is 24.5. The average molecular weight is 235 g/mol. The van der Waals surface area contributed by atoms with Crippen LogP contribution in [0.25, 0.3) is 0 Å². The Hall–Kier alpha value is -2.04. The van der Waals surface area contributed by atoms with Crippen LogP contribution in [0.4, 0.5) is 5.69 Å². The van der Waals surface area contributed by atoms with Crippen molar-refractivity contribution in [2.75, 3.05) is 25.7 Å². The Morgan fingerprint density at radius 3 is 2.71 bits per heavy atom. The van der Waals surface area contributed by atoms with Gasteiger partial charge in [0.05, 0.1) is 26.3 Å². The normalized spacial score (nSPS) is 17.5. The number of hydrogen-bond donors (Lipinski definition) is 0. The van der Waals surface area contributed by atoms with E-state index in [1.165, 1.54) is 14.2 Å². The van der Waals surface area contributed by atoms with Gasteiger partial charge in [0.25, 0.3) is 0 Å². The van der Waals surface area contributed by atoms with E-state index in [1.807, 2.05) is 11.0 Å². The van der Waals surface area contributed by atoms with Gasteiger partial charge in [0.15, 0.2) is 0 Å². The Kier molecular flexibility index (Phi) is 2.99. The third-order valence-electron chi connectivity index (χ3n) is 2.68. The van der Waals surface area contributed by atoms with Crippen molar-refractivity contribution in [3.05, 3.63) is 29.8 Å². The summed E-state index contributed by atoms with van der Waals surface area (Å²) < 4.78 is 9.29. The van der Waals surface area contributed by atoms with Gasteiger partial charge in [-0.1, -0.05) is 6.07 Å². The van der Waals surface area contributed by atoms with Crippen LogP contribution in [0, 0.1) is 0 Å². The molecule has 1 fully saturated rings. The van der Waals surface area contributed by atoms with E-state index in [2.05, 4.69) is 9.47 Å². The van der Waals surface area contributed by atoms with Crippen LogP contribution in [0.2, 0.25) is 0 Å². The summed E-state index contributed by atoms with van der Waals surface area (Å²) in [5, 5.41) is 0. The minimum Gasteiger partial charge on any atom is -0.467 e. The predicted octanol–water partition coefficient (Wildman–Crippen LogP) is 0.835. The van der Waals surface area contributed by atoms with E-state index in [-0.39, 0.29) is 18.0 Å². The maximum Gasteiger partial charge on any atom is 0.337 e. The lowest BCUT2D eigenvalue weighted by molar-refractivity contribution is -0.139. The number of esters is 2. The van der Waals surface area contributed by atoms with Crippen molar-refractivity contribution in [1.29, 1.82) is 0 Å². The van der Waals surface area contributed by atoms with E-state index in [0.717, 1.165) is 5.69 Å². The zero-order chi connectivity index (χ0) is 12.4. The Labute approximate surface area is 98.9 Å². The number of hydrogen-bond acceptors (Lipinski definition) is 5. The molecule has 0 radical (unpaired) electrons. The van der Waals surface area contributed by atoms with E-state index in [1.54, 1.807) is 18.2 Å². The van der Waals surface area contributed by atoms with E-state index in [0.29, 0.717) is 12.1 Å². The molecule has 17 heavy (non-hydrogen) atoms. The number of nitrogens with zero attached hydrogens (tertiary/aromatic N) is 1. The summed E-state index contributed by atoms with van der Waals surface area (Å²) in [5.41, 5.74) is 1.30. The molecule has 0 N–H and O–H groups in total. The highest BCUT2D eigenvalue weighted by Gasteiger charge is 2.41. The van der Waals surface area contributed by atoms with Crippen molar-refractivity contribution in [2.24, 2.45) is 0 Å². The molecular formula is C12H13NO4. The Bertz CT molecular complexity index is 458. The molecule has 0 aliphatic carbocycles. The molecule has 1 aliphatic heterocycles. The maximum absolute atomic E-state index is 11.3. The van der Waals surface area contributed by atoms with Crippen molar-refractivity contribution < 1.29 is 19.1 Å². The first-order valence-electron chi connectivity index (χ1n) is 5.20. The minimum absolute atomic E-state index is 0.229. The SMILES string of the molecule is COC(=O)c1cccc(N2CC2C(=O)OC)c1. The second kappa shape index (κ2) is 4.45. The number of anilines is 1. The van der Waals surface area contributed by atoms with Gasteiger partial charge in [0.2, 0.25) is 0 Å². The zero-order valence-electron chi connectivity index (χ0n) is 9.67. The molecule has 0 spiro atoms. The highest BCUT2D eigenvalue weighted by Crippen LogP contribution is 2.29. The van der Waals surface area contributed by atoms with Gasteiger partial charge in [0, 0.05) is 5.69 Å². The lowest BCUT2D eigenvalue weighted by atomic mass is 10.2. The third-order valence-corrected chi connectivity index (χ3v) is 2.68. The average Bonchev–Trinajstić information content (AvgIpc) is 3.17. The third kappa shape index (κ3) is 2.22. The zero-order valence-corrected chi connectivity index (χ0v) is 9.67. The molecule has 1 aromatic rings. The standard InChI is InChI=1S/C12H13NO4/c1-16-11(14)8-4-3-5-9(6-8)13-7-10(13)12(15)17-2/h3-6,10H,7H2,1-2H3. The van der Waals surface area contributed by atoms with E-state index < -0.39 is 0 Å². The Morgan fingerprint density at radius 2 is 2.06 bits per heavy atom. The van der Waals surface area contributed by atoms with E-state index in [9.17, 15) is 9.59 Å². The molecule has 0 bridgehead atoms. The van der Waals surface area contributed by atoms with Crippen molar-refractivity contribution in [3.63, 3.8) is 0 Å². The van der Waals surface area contributed by atoms with Crippen LogP contribution in [-0.4, -0.2) is 38.7 Å². The lowest BCUT2D eigenvalue weighted by Gasteiger charge is -2.06. The van der Waals surface area contributed by atoms with Gasteiger partial charge in [-0.2, -0.15) is 0 Å². The van der Waals surface area contributed by atoms with E-state index in [4.69, 9.17) is 0 Å². The van der Waals surface area contributed by atoms with Crippen LogP contribution in [0.15, 0.2) is 24.3 Å². The van der Waals surface area contributed by atoms with Crippen molar-refractivity contribution in [1.82, 2.24) is 0 Å². The van der Waals surface area contributed by atoms with Crippen LogP contribution in [-0.2, 0) is 14.3 Å². The summed E-state index contributed by atoms with van der Waals surface area (Å²) in [6, 6.07) is 6.75. The fourth-order valence-electron chi connectivity index (χ4n) is 1.69. The first-order chi connectivity index (χ1) is 8.17. The topological polar surface area (TPSA) is 55.6 Å². The summed E-state index contributed by atoms with van der Waals surface area (Å²) >= 11 is 0. The molecule has 1 unspecified atom stereocenters. The molecule has 1 saturated heterocycles. The molecular weight excluding hydrogens is 222 g/mol. The highest BCUT2D eigenvalue weighted by atomic mass is 16.5. The molecule has 0 aromatic heterocycles. The largest absolute Gasteiger partial charge is 0.467 e. The fourth-order valence-corrected chi connectivity index (χ4v) is 1.69. The highest BCUT2D eigenvalue weighted by molar-refractivity contribution is 5.92. The molecule has 0 saturated carbocycles. The Morgan fingerprint density at radius 1 is 1.29 bits per heavy atom. The molecule has 90 valence electrons. The summed E-state index contributed by atoms with van der Waals surface area (Å²) in [5.74, 6) is -0.642. The van der Waals surface area contributed by atoms with Gasteiger partial charge in [0.1, 0.15) is 6.04 Å². The number of rotatable bonds is 3. The number of methoxy groups -OCH3 is 2. The van der Waals surface area contributed by atoms with Gasteiger partial charge in [-0.25, -0.2) is 9.59 Å². The maximum atomic E-state index is 11.3. The summed E-state index contributed by atoms with van der Waals surface area (Å²) in [6.07, 6.45) is 0. The van der Waals surface area contributed by atoms with Crippen molar-refractivity contribution in [2.45, 2.75) is 6.04 Å². The molecule has 1 atom stereocenters. The second-order valence-electron chi connectivity index (χ2n) is 3.73. The molecule has 5 nitrogen and oxygen atoms in total. The first-order valence-corrected chi connectivity index (χ1v) is 5.20. The van der Waals surface area contributed by atoms with Gasteiger partial charge in [-0.05, 0) is 18.2 Å². The number of benzene rings is 1. The smallest absolute Gasteiger partial charge is 0.337 e. The van der Waals surface area contributed by atoms with Crippen LogP contribution in [0.1, 0.15) is 10.4 Å². The number of carbonyl (C=O) groups is 2. The van der Waals surface area contributed by atoms with Gasteiger partial charge in [-0.15, -0.1) is 0 Å². The van der Waals surface area contributed by atoms with Crippen molar-refractivity contribution >= 4 is 17.6 Å². The quantitative estimate of drug-likeness (QED) is 0.574. The molecule has 5 heteroatoms. The van der Waals surface area contributed by atoms with Gasteiger partial charge < -0.3 is 14.4 Å². The van der Waals surface area contributed by atoms with Crippen LogP contribution < -0.4 is 4.90 Å². The molecule has 1 aliphatic rings. The van der Waals surface area contributed by atoms with Crippen molar-refractivity contribution in [3.8, 4) is 0 Å². The second-order valence-corrected chi connectivity index (χ2v) is 3.73. The fraction of sp³-hybridized carbons (Fsp3) is 0.333. The monoisotopic (exact) mass is 235 g/mol. The van der Waals surface area contributed by atoms with Crippen LogP contribution in [0.3, 0.4) is 0 Å². The first kappa shape index (κ1) is 11.4. The summed E-state index contributed by atoms with van der Waals surface area (Å²) in [7, 11) is 2.70. The number of ether oxygens (including phenoxy) is 2. The minimum atomic E-state index is -0.386. The molecule has 1 aromatic carbocycles. The summed E-state index contributed by atoms with van der Waals surface area (Å²) in [6.45, 7) is 0.622. The van der Waals surface area contributed by atoms with Gasteiger partial charge in [-0.3, -0.25) is 0 Å². The molecule has 0 amide bonds. The van der Waals surface area contributed by atoms with Crippen LogP contribution in [0.5, 0.6) is 0 Å². The lowest BCUT2D eigenvalue weighted by Crippen LogP contribution is -2.14. The molecule has 1 heterocycles. The van der Waals surface area contributed by atoms with Crippen LogP contribution >= 0.6 is 0 Å². The predicted molar refractivity (Wildman–Crippen MR) is 60.9 cm³/mol. The van der Waals surface area contributed by atoms with Gasteiger partial charge >= 0.3 is 11.9 Å². The molecule has 2 rings (SSSR count).